The van der Waals surface area contributed by atoms with E-state index in [0.29, 0.717) is 30.4 Å². The average Bonchev–Trinajstić information content (AvgIpc) is 3.10. The van der Waals surface area contributed by atoms with Crippen LogP contribution < -0.4 is 15.4 Å². The van der Waals surface area contributed by atoms with Gasteiger partial charge in [-0.1, -0.05) is 39.0 Å². The number of imidazole rings is 1. The van der Waals surface area contributed by atoms with E-state index in [0.717, 1.165) is 16.6 Å². The second-order valence-corrected chi connectivity index (χ2v) is 8.84. The van der Waals surface area contributed by atoms with Gasteiger partial charge in [0.05, 0.1) is 36.9 Å². The van der Waals surface area contributed by atoms with Gasteiger partial charge >= 0.3 is 0 Å². The van der Waals surface area contributed by atoms with Gasteiger partial charge in [0.2, 0.25) is 11.8 Å². The number of hydrogen-bond donors (Lipinski definition) is 2. The monoisotopic (exact) mass is 452 g/mol. The zero-order valence-electron chi connectivity index (χ0n) is 19.9. The lowest BCUT2D eigenvalue weighted by molar-refractivity contribution is -0.121. The molecule has 0 fully saturated rings. The Hall–Kier alpha value is -3.39. The number of carbonyl (C=O) groups is 2. The van der Waals surface area contributed by atoms with Gasteiger partial charge in [0.25, 0.3) is 0 Å². The molecule has 3 rings (SSSR count). The van der Waals surface area contributed by atoms with E-state index in [1.807, 2.05) is 42.5 Å². The maximum Gasteiger partial charge on any atom is 0.244 e. The van der Waals surface area contributed by atoms with Crippen LogP contribution in [-0.2, 0) is 32.7 Å². The van der Waals surface area contributed by atoms with Crippen LogP contribution in [0.5, 0.6) is 5.75 Å². The minimum Gasteiger partial charge on any atom is -0.495 e. The van der Waals surface area contributed by atoms with Crippen molar-refractivity contribution < 1.29 is 19.1 Å². The number of methoxy groups -OCH3 is 2. The number of ether oxygens (including phenoxy) is 2. The van der Waals surface area contributed by atoms with Crippen molar-refractivity contribution >= 4 is 28.5 Å². The third kappa shape index (κ3) is 6.10. The van der Waals surface area contributed by atoms with Crippen molar-refractivity contribution in [2.24, 2.45) is 0 Å². The lowest BCUT2D eigenvalue weighted by Gasteiger charge is -2.21. The van der Waals surface area contributed by atoms with Crippen molar-refractivity contribution in [1.29, 1.82) is 0 Å². The summed E-state index contributed by atoms with van der Waals surface area (Å²) in [4.78, 5) is 30.0. The van der Waals surface area contributed by atoms with Crippen molar-refractivity contribution in [3.63, 3.8) is 0 Å². The summed E-state index contributed by atoms with van der Waals surface area (Å²) < 4.78 is 12.2. The Morgan fingerprint density at radius 3 is 2.52 bits per heavy atom. The molecule has 0 atom stereocenters. The largest absolute Gasteiger partial charge is 0.495 e. The van der Waals surface area contributed by atoms with Crippen LogP contribution >= 0.6 is 0 Å². The van der Waals surface area contributed by atoms with Gasteiger partial charge in [-0.15, -0.1) is 0 Å². The van der Waals surface area contributed by atoms with Gasteiger partial charge in [-0.25, -0.2) is 4.98 Å². The van der Waals surface area contributed by atoms with Crippen LogP contribution in [0.15, 0.2) is 42.5 Å². The molecule has 1 aromatic heterocycles. The minimum atomic E-state index is -0.233. The summed E-state index contributed by atoms with van der Waals surface area (Å²) in [7, 11) is 3.15. The number of hydrogen-bond acceptors (Lipinski definition) is 5. The maximum atomic E-state index is 13.1. The average molecular weight is 453 g/mol. The first-order valence-corrected chi connectivity index (χ1v) is 10.9. The van der Waals surface area contributed by atoms with Crippen LogP contribution in [0.1, 0.15) is 32.2 Å². The smallest absolute Gasteiger partial charge is 0.244 e. The fraction of sp³-hybridized carbons (Fsp3) is 0.400. The van der Waals surface area contributed by atoms with Crippen molar-refractivity contribution in [3.05, 3.63) is 53.9 Å². The molecule has 0 bridgehead atoms. The molecule has 2 N–H and O–H groups in total. The number of benzene rings is 2. The summed E-state index contributed by atoms with van der Waals surface area (Å²) in [6.45, 7) is 7.20. The quantitative estimate of drug-likeness (QED) is 0.486. The van der Waals surface area contributed by atoms with Crippen LogP contribution in [0.2, 0.25) is 0 Å². The molecule has 0 aliphatic carbocycles. The summed E-state index contributed by atoms with van der Waals surface area (Å²) in [5.41, 5.74) is 3.15. The van der Waals surface area contributed by atoms with Crippen molar-refractivity contribution in [3.8, 4) is 5.75 Å². The van der Waals surface area contributed by atoms with Crippen LogP contribution in [0.3, 0.4) is 0 Å². The van der Waals surface area contributed by atoms with E-state index in [2.05, 4.69) is 36.4 Å². The molecular weight excluding hydrogens is 420 g/mol. The highest BCUT2D eigenvalue weighted by Gasteiger charge is 2.19. The number of nitrogens with zero attached hydrogens (tertiary/aromatic N) is 2. The molecule has 3 aromatic rings. The Kier molecular flexibility index (Phi) is 7.71. The molecule has 0 saturated carbocycles. The Morgan fingerprint density at radius 2 is 1.82 bits per heavy atom. The molecular formula is C25H32N4O4. The second kappa shape index (κ2) is 10.5. The first-order valence-electron chi connectivity index (χ1n) is 10.9. The molecule has 0 unspecified atom stereocenters. The van der Waals surface area contributed by atoms with Crippen LogP contribution in [0.25, 0.3) is 11.0 Å². The zero-order valence-corrected chi connectivity index (χ0v) is 19.9. The van der Waals surface area contributed by atoms with Gasteiger partial charge in [0, 0.05) is 13.7 Å². The molecule has 2 amide bonds. The lowest BCUT2D eigenvalue weighted by Crippen LogP contribution is -2.30. The molecule has 8 heteroatoms. The van der Waals surface area contributed by atoms with E-state index < -0.39 is 0 Å². The van der Waals surface area contributed by atoms with Crippen LogP contribution in [0.4, 0.5) is 5.69 Å². The molecule has 33 heavy (non-hydrogen) atoms. The summed E-state index contributed by atoms with van der Waals surface area (Å²) in [6.07, 6.45) is 0.0640. The molecule has 0 saturated heterocycles. The Balaban J connectivity index is 1.84. The molecule has 1 heterocycles. The molecule has 8 nitrogen and oxygen atoms in total. The van der Waals surface area contributed by atoms with Gasteiger partial charge in [-0.2, -0.15) is 0 Å². The number of amides is 2. The van der Waals surface area contributed by atoms with E-state index >= 15 is 0 Å². The fourth-order valence-corrected chi connectivity index (χ4v) is 3.54. The number of rotatable bonds is 9. The molecule has 0 spiro atoms. The first-order chi connectivity index (χ1) is 15.7. The van der Waals surface area contributed by atoms with Crippen LogP contribution in [-0.4, -0.2) is 48.7 Å². The highest BCUT2D eigenvalue weighted by molar-refractivity contribution is 5.93. The van der Waals surface area contributed by atoms with E-state index in [4.69, 9.17) is 9.47 Å². The molecule has 0 aliphatic heterocycles. The first kappa shape index (κ1) is 24.3. The summed E-state index contributed by atoms with van der Waals surface area (Å²) in [5, 5.41) is 5.77. The van der Waals surface area contributed by atoms with E-state index in [-0.39, 0.29) is 30.2 Å². The number of nitrogens with one attached hydrogen (secondary N) is 2. The third-order valence-corrected chi connectivity index (χ3v) is 5.32. The highest BCUT2D eigenvalue weighted by atomic mass is 16.5. The summed E-state index contributed by atoms with van der Waals surface area (Å²) >= 11 is 0. The van der Waals surface area contributed by atoms with Gasteiger partial charge in [-0.3, -0.25) is 9.59 Å². The second-order valence-electron chi connectivity index (χ2n) is 8.84. The van der Waals surface area contributed by atoms with E-state index in [1.165, 1.54) is 0 Å². The standard InChI is InChI=1S/C25H32N4O4/c1-25(2,3)17-10-11-21(33-5)19(14-17)28-24(31)16-29-20-9-7-6-8-18(20)27-22(29)15-23(30)26-12-13-32-4/h6-11,14H,12-13,15-16H2,1-5H3,(H,26,30)(H,28,31). The maximum absolute atomic E-state index is 13.1. The predicted molar refractivity (Wildman–Crippen MR) is 129 cm³/mol. The SMILES string of the molecule is COCCNC(=O)Cc1nc2ccccc2n1CC(=O)Nc1cc(C(C)(C)C)ccc1OC. The fourth-order valence-electron chi connectivity index (χ4n) is 3.54. The number of anilines is 1. The van der Waals surface area contributed by atoms with Crippen LogP contribution in [0, 0.1) is 0 Å². The number of para-hydroxylation sites is 2. The summed E-state index contributed by atoms with van der Waals surface area (Å²) in [5.74, 6) is 0.702. The van der Waals surface area contributed by atoms with Gasteiger partial charge < -0.3 is 24.7 Å². The van der Waals surface area contributed by atoms with Crippen molar-refractivity contribution in [2.75, 3.05) is 32.7 Å². The van der Waals surface area contributed by atoms with Gasteiger partial charge in [0.15, 0.2) is 0 Å². The van der Waals surface area contributed by atoms with E-state index in [9.17, 15) is 9.59 Å². The molecule has 0 aliphatic rings. The van der Waals surface area contributed by atoms with Crippen molar-refractivity contribution in [1.82, 2.24) is 14.9 Å². The van der Waals surface area contributed by atoms with Gasteiger partial charge in [-0.05, 0) is 35.2 Å². The Bertz CT molecular complexity index is 1130. The minimum absolute atomic E-state index is 0.0180. The third-order valence-electron chi connectivity index (χ3n) is 5.32. The highest BCUT2D eigenvalue weighted by Crippen LogP contribution is 2.31. The van der Waals surface area contributed by atoms with Gasteiger partial charge in [0.1, 0.15) is 18.1 Å². The topological polar surface area (TPSA) is 94.5 Å². The zero-order chi connectivity index (χ0) is 24.0. The predicted octanol–water partition coefficient (Wildman–Crippen LogP) is 3.29. The van der Waals surface area contributed by atoms with Crippen molar-refractivity contribution in [2.45, 2.75) is 39.2 Å². The number of aromatic nitrogens is 2. The number of carbonyl (C=O) groups excluding carboxylic acids is 2. The molecule has 2 aromatic carbocycles. The summed E-state index contributed by atoms with van der Waals surface area (Å²) in [6, 6.07) is 13.3. The molecule has 176 valence electrons. The Labute approximate surface area is 194 Å². The number of fused-ring (bicyclic) bond motifs is 1. The lowest BCUT2D eigenvalue weighted by atomic mass is 9.87. The Morgan fingerprint density at radius 1 is 1.06 bits per heavy atom. The van der Waals surface area contributed by atoms with E-state index in [1.54, 1.807) is 18.8 Å². The molecule has 0 radical (unpaired) electrons. The normalized spacial score (nSPS) is 11.4.